The molecule has 3 atom stereocenters. The Kier molecular flexibility index (Phi) is 4.61. The first-order chi connectivity index (χ1) is 15.2. The zero-order valence-corrected chi connectivity index (χ0v) is 17.6. The van der Waals surface area contributed by atoms with Gasteiger partial charge in [-0.25, -0.2) is 4.39 Å². The number of rotatable bonds is 4. The van der Waals surface area contributed by atoms with Crippen molar-refractivity contribution in [2.24, 2.45) is 0 Å². The molecule has 3 aromatic rings. The summed E-state index contributed by atoms with van der Waals surface area (Å²) in [6, 6.07) is 11.7. The highest BCUT2D eigenvalue weighted by molar-refractivity contribution is 5.91. The first-order valence-corrected chi connectivity index (χ1v) is 11.2. The molecule has 0 bridgehead atoms. The SMILES string of the molecule is CC1CN(C2COc3cc(F)ccc3C2Nc2cccc3nn(C4CC4)cc23)CCO1. The first kappa shape index (κ1) is 19.1. The van der Waals surface area contributed by atoms with Gasteiger partial charge in [-0.3, -0.25) is 9.58 Å². The lowest BCUT2D eigenvalue weighted by Gasteiger charge is -2.44. The second-order valence-corrected chi connectivity index (χ2v) is 8.94. The topological polar surface area (TPSA) is 51.5 Å². The smallest absolute Gasteiger partial charge is 0.127 e. The number of nitrogens with zero attached hydrogens (tertiary/aromatic N) is 3. The minimum Gasteiger partial charge on any atom is -0.491 e. The average molecular weight is 423 g/mol. The summed E-state index contributed by atoms with van der Waals surface area (Å²) in [6.07, 6.45) is 4.75. The molecular weight excluding hydrogens is 395 g/mol. The van der Waals surface area contributed by atoms with Crippen LogP contribution in [0, 0.1) is 5.82 Å². The summed E-state index contributed by atoms with van der Waals surface area (Å²) in [7, 11) is 0. The molecule has 1 N–H and O–H groups in total. The Hall–Kier alpha value is -2.64. The Morgan fingerprint density at radius 3 is 2.94 bits per heavy atom. The summed E-state index contributed by atoms with van der Waals surface area (Å²) < 4.78 is 27.8. The molecule has 3 aliphatic rings. The normalized spacial score (nSPS) is 26.5. The van der Waals surface area contributed by atoms with Gasteiger partial charge in [0.25, 0.3) is 0 Å². The van der Waals surface area contributed by atoms with E-state index in [-0.39, 0.29) is 24.0 Å². The van der Waals surface area contributed by atoms with E-state index in [2.05, 4.69) is 40.2 Å². The molecule has 6 rings (SSSR count). The maximum absolute atomic E-state index is 13.9. The number of aromatic nitrogens is 2. The van der Waals surface area contributed by atoms with Gasteiger partial charge in [-0.15, -0.1) is 0 Å². The van der Waals surface area contributed by atoms with Crippen molar-refractivity contribution in [3.05, 3.63) is 54.0 Å². The number of ether oxygens (including phenoxy) is 2. The van der Waals surface area contributed by atoms with E-state index in [1.165, 1.54) is 25.0 Å². The Bertz CT molecular complexity index is 1110. The predicted octanol–water partition coefficient (Wildman–Crippen LogP) is 4.15. The van der Waals surface area contributed by atoms with Crippen LogP contribution in [0.15, 0.2) is 42.6 Å². The third kappa shape index (κ3) is 3.55. The molecule has 0 amide bonds. The van der Waals surface area contributed by atoms with Crippen LogP contribution >= 0.6 is 0 Å². The fourth-order valence-corrected chi connectivity index (χ4v) is 4.89. The van der Waals surface area contributed by atoms with E-state index in [0.29, 0.717) is 25.0 Å². The average Bonchev–Trinajstić information content (AvgIpc) is 3.52. The van der Waals surface area contributed by atoms with Gasteiger partial charge >= 0.3 is 0 Å². The Labute approximate surface area is 180 Å². The van der Waals surface area contributed by atoms with E-state index in [4.69, 9.17) is 14.6 Å². The molecule has 7 heteroatoms. The summed E-state index contributed by atoms with van der Waals surface area (Å²) in [5.41, 5.74) is 3.04. The number of anilines is 1. The molecule has 1 saturated carbocycles. The molecule has 162 valence electrons. The fraction of sp³-hybridized carbons (Fsp3) is 0.458. The van der Waals surface area contributed by atoms with Crippen LogP contribution in [0.25, 0.3) is 10.9 Å². The Morgan fingerprint density at radius 1 is 1.19 bits per heavy atom. The summed E-state index contributed by atoms with van der Waals surface area (Å²) in [4.78, 5) is 2.44. The number of hydrogen-bond donors (Lipinski definition) is 1. The fourth-order valence-electron chi connectivity index (χ4n) is 4.89. The molecule has 0 radical (unpaired) electrons. The van der Waals surface area contributed by atoms with Crippen molar-refractivity contribution in [3.8, 4) is 5.75 Å². The zero-order valence-electron chi connectivity index (χ0n) is 17.6. The quantitative estimate of drug-likeness (QED) is 0.685. The summed E-state index contributed by atoms with van der Waals surface area (Å²) >= 11 is 0. The number of halogens is 1. The van der Waals surface area contributed by atoms with E-state index in [1.54, 1.807) is 0 Å². The van der Waals surface area contributed by atoms with Crippen LogP contribution in [0.2, 0.25) is 0 Å². The van der Waals surface area contributed by atoms with Crippen LogP contribution in [-0.2, 0) is 4.74 Å². The summed E-state index contributed by atoms with van der Waals surface area (Å²) in [5, 5.41) is 9.70. The van der Waals surface area contributed by atoms with Gasteiger partial charge in [-0.1, -0.05) is 12.1 Å². The van der Waals surface area contributed by atoms with Gasteiger partial charge in [-0.2, -0.15) is 5.10 Å². The molecule has 1 aliphatic carbocycles. The van der Waals surface area contributed by atoms with Crippen LogP contribution in [-0.4, -0.2) is 53.1 Å². The van der Waals surface area contributed by atoms with Crippen LogP contribution in [0.4, 0.5) is 10.1 Å². The maximum atomic E-state index is 13.9. The van der Waals surface area contributed by atoms with Crippen LogP contribution in [0.3, 0.4) is 0 Å². The molecule has 6 nitrogen and oxygen atoms in total. The highest BCUT2D eigenvalue weighted by atomic mass is 19.1. The Morgan fingerprint density at radius 2 is 2.10 bits per heavy atom. The molecule has 3 heterocycles. The van der Waals surface area contributed by atoms with Gasteiger partial charge in [0.05, 0.1) is 36.4 Å². The molecule has 2 fully saturated rings. The van der Waals surface area contributed by atoms with E-state index in [9.17, 15) is 4.39 Å². The van der Waals surface area contributed by atoms with Gasteiger partial charge in [-0.05, 0) is 38.0 Å². The lowest BCUT2D eigenvalue weighted by atomic mass is 9.93. The first-order valence-electron chi connectivity index (χ1n) is 11.2. The van der Waals surface area contributed by atoms with Gasteiger partial charge in [0.2, 0.25) is 0 Å². The van der Waals surface area contributed by atoms with Gasteiger partial charge < -0.3 is 14.8 Å². The zero-order chi connectivity index (χ0) is 20.9. The van der Waals surface area contributed by atoms with E-state index >= 15 is 0 Å². The minimum atomic E-state index is -0.274. The standard InChI is InChI=1S/C24H27FN4O2/c1-15-12-28(9-10-30-15)22-14-31-23-11-16(25)5-8-18(23)24(22)26-20-3-2-4-21-19(20)13-29(27-21)17-6-7-17/h2-5,8,11,13,15,17,22,24,26H,6-7,9-10,12,14H2,1H3. The predicted molar refractivity (Wildman–Crippen MR) is 117 cm³/mol. The molecule has 31 heavy (non-hydrogen) atoms. The third-order valence-electron chi connectivity index (χ3n) is 6.65. The van der Waals surface area contributed by atoms with Gasteiger partial charge in [0, 0.05) is 42.0 Å². The minimum absolute atomic E-state index is 0.0236. The maximum Gasteiger partial charge on any atom is 0.127 e. The van der Waals surface area contributed by atoms with E-state index < -0.39 is 0 Å². The van der Waals surface area contributed by atoms with Crippen molar-refractivity contribution in [3.63, 3.8) is 0 Å². The molecule has 0 spiro atoms. The van der Waals surface area contributed by atoms with Gasteiger partial charge in [0.1, 0.15) is 18.2 Å². The van der Waals surface area contributed by atoms with Crippen molar-refractivity contribution in [1.29, 1.82) is 0 Å². The second kappa shape index (κ2) is 7.50. The third-order valence-corrected chi connectivity index (χ3v) is 6.65. The summed E-state index contributed by atoms with van der Waals surface area (Å²) in [5.74, 6) is 0.347. The molecular formula is C24H27FN4O2. The second-order valence-electron chi connectivity index (χ2n) is 8.94. The molecule has 3 unspecified atom stereocenters. The van der Waals surface area contributed by atoms with Crippen molar-refractivity contribution >= 4 is 16.6 Å². The van der Waals surface area contributed by atoms with Crippen LogP contribution in [0.1, 0.15) is 37.4 Å². The number of nitrogens with one attached hydrogen (secondary N) is 1. The molecule has 1 saturated heterocycles. The van der Waals surface area contributed by atoms with Crippen molar-refractivity contribution in [1.82, 2.24) is 14.7 Å². The van der Waals surface area contributed by atoms with Crippen LogP contribution in [0.5, 0.6) is 5.75 Å². The molecule has 2 aliphatic heterocycles. The van der Waals surface area contributed by atoms with Crippen molar-refractivity contribution < 1.29 is 13.9 Å². The van der Waals surface area contributed by atoms with Crippen molar-refractivity contribution in [2.75, 3.05) is 31.6 Å². The number of morpholine rings is 1. The monoisotopic (exact) mass is 422 g/mol. The largest absolute Gasteiger partial charge is 0.491 e. The lowest BCUT2D eigenvalue weighted by molar-refractivity contribution is -0.0465. The van der Waals surface area contributed by atoms with Crippen molar-refractivity contribution in [2.45, 2.75) is 44.0 Å². The Balaban J connectivity index is 1.39. The van der Waals surface area contributed by atoms with E-state index in [0.717, 1.165) is 35.2 Å². The highest BCUT2D eigenvalue weighted by Gasteiger charge is 2.37. The van der Waals surface area contributed by atoms with Crippen LogP contribution < -0.4 is 10.1 Å². The number of fused-ring (bicyclic) bond motifs is 2. The van der Waals surface area contributed by atoms with Gasteiger partial charge in [0.15, 0.2) is 0 Å². The molecule has 2 aromatic carbocycles. The number of benzene rings is 2. The highest BCUT2D eigenvalue weighted by Crippen LogP contribution is 2.40. The summed E-state index contributed by atoms with van der Waals surface area (Å²) in [6.45, 7) is 5.04. The molecule has 1 aromatic heterocycles. The van der Waals surface area contributed by atoms with E-state index in [1.807, 2.05) is 12.1 Å². The lowest BCUT2D eigenvalue weighted by Crippen LogP contribution is -2.54. The number of hydrogen-bond acceptors (Lipinski definition) is 5.